The van der Waals surface area contributed by atoms with Gasteiger partial charge in [-0.15, -0.1) is 0 Å². The first-order valence-electron chi connectivity index (χ1n) is 16.6. The Labute approximate surface area is 247 Å². The largest absolute Gasteiger partial charge is 0.481 e. The van der Waals surface area contributed by atoms with Crippen molar-refractivity contribution in [3.63, 3.8) is 0 Å². The quantitative estimate of drug-likeness (QED) is 0.0563. The number of carboxylic acids is 1. The van der Waals surface area contributed by atoms with Crippen LogP contribution in [0.15, 0.2) is 48.6 Å². The maximum Gasteiger partial charge on any atom is 0.307 e. The van der Waals surface area contributed by atoms with Gasteiger partial charge in [0.1, 0.15) is 6.10 Å². The smallest absolute Gasteiger partial charge is 0.307 e. The molecule has 1 atom stereocenters. The molecule has 0 aliphatic heterocycles. The first kappa shape index (κ1) is 37.9. The van der Waals surface area contributed by atoms with E-state index in [1.54, 1.807) is 0 Å². The summed E-state index contributed by atoms with van der Waals surface area (Å²) in [5.41, 5.74) is 0. The maximum absolute atomic E-state index is 12.2. The molecule has 0 aliphatic carbocycles. The maximum atomic E-state index is 12.2. The molecule has 0 rings (SSSR count). The Bertz CT molecular complexity index is 689. The molecule has 0 saturated carbocycles. The number of aliphatic carboxylic acids is 1. The Morgan fingerprint density at radius 2 is 1.00 bits per heavy atom. The molecule has 4 nitrogen and oxygen atoms in total. The van der Waals surface area contributed by atoms with E-state index < -0.39 is 12.1 Å². The van der Waals surface area contributed by atoms with Crippen LogP contribution < -0.4 is 0 Å². The van der Waals surface area contributed by atoms with Gasteiger partial charge < -0.3 is 9.84 Å². The van der Waals surface area contributed by atoms with Gasteiger partial charge in [-0.2, -0.15) is 0 Å². The van der Waals surface area contributed by atoms with Gasteiger partial charge in [-0.3, -0.25) is 9.59 Å². The minimum Gasteiger partial charge on any atom is -0.481 e. The highest BCUT2D eigenvalue weighted by atomic mass is 16.5. The molecule has 0 bridgehead atoms. The van der Waals surface area contributed by atoms with E-state index in [1.807, 2.05) is 0 Å². The van der Waals surface area contributed by atoms with Crippen LogP contribution in [-0.4, -0.2) is 23.1 Å². The van der Waals surface area contributed by atoms with Gasteiger partial charge in [-0.05, 0) is 57.8 Å². The van der Waals surface area contributed by atoms with Crippen LogP contribution in [0.5, 0.6) is 0 Å². The van der Waals surface area contributed by atoms with Gasteiger partial charge in [0.15, 0.2) is 0 Å². The number of rotatable bonds is 29. The molecule has 0 aliphatic rings. The summed E-state index contributed by atoms with van der Waals surface area (Å²) in [5.74, 6) is -1.17. The summed E-state index contributed by atoms with van der Waals surface area (Å²) in [6.45, 7) is 4.48. The molecule has 0 amide bonds. The molecule has 230 valence electrons. The molecule has 0 fully saturated rings. The third-order valence-corrected chi connectivity index (χ3v) is 7.04. The van der Waals surface area contributed by atoms with Gasteiger partial charge in [0.05, 0.1) is 6.42 Å². The summed E-state index contributed by atoms with van der Waals surface area (Å²) in [6.07, 6.45) is 41.2. The van der Waals surface area contributed by atoms with Gasteiger partial charge in [0.25, 0.3) is 0 Å². The second-order valence-electron chi connectivity index (χ2n) is 11.0. The summed E-state index contributed by atoms with van der Waals surface area (Å²) < 4.78 is 5.52. The number of esters is 1. The van der Waals surface area contributed by atoms with Crippen molar-refractivity contribution in [2.75, 3.05) is 0 Å². The topological polar surface area (TPSA) is 63.6 Å². The number of hydrogen-bond donors (Lipinski definition) is 1. The van der Waals surface area contributed by atoms with Crippen LogP contribution in [0.3, 0.4) is 0 Å². The van der Waals surface area contributed by atoms with E-state index in [1.165, 1.54) is 83.5 Å². The lowest BCUT2D eigenvalue weighted by atomic mass is 10.0. The van der Waals surface area contributed by atoms with Crippen LogP contribution in [0.4, 0.5) is 0 Å². The third-order valence-electron chi connectivity index (χ3n) is 7.04. The van der Waals surface area contributed by atoms with Gasteiger partial charge in [0.2, 0.25) is 0 Å². The van der Waals surface area contributed by atoms with Gasteiger partial charge >= 0.3 is 11.9 Å². The molecule has 0 radical (unpaired) electrons. The Morgan fingerprint density at radius 3 is 1.50 bits per heavy atom. The predicted octanol–water partition coefficient (Wildman–Crippen LogP) is 11.2. The zero-order valence-electron chi connectivity index (χ0n) is 26.1. The van der Waals surface area contributed by atoms with E-state index in [0.29, 0.717) is 12.8 Å². The Hall–Kier alpha value is -2.10. The number of carbonyl (C=O) groups is 2. The highest BCUT2D eigenvalue weighted by Crippen LogP contribution is 2.16. The Balaban J connectivity index is 3.84. The van der Waals surface area contributed by atoms with Crippen LogP contribution in [0.1, 0.15) is 162 Å². The van der Waals surface area contributed by atoms with Gasteiger partial charge in [-0.25, -0.2) is 0 Å². The van der Waals surface area contributed by atoms with Gasteiger partial charge in [-0.1, -0.05) is 140 Å². The molecular weight excluding hydrogens is 496 g/mol. The van der Waals surface area contributed by atoms with Crippen molar-refractivity contribution in [3.8, 4) is 0 Å². The molecule has 40 heavy (non-hydrogen) atoms. The van der Waals surface area contributed by atoms with E-state index in [-0.39, 0.29) is 12.4 Å². The van der Waals surface area contributed by atoms with Crippen LogP contribution in [0, 0.1) is 0 Å². The molecule has 0 heterocycles. The standard InChI is InChI=1S/C36H62O4/c1-3-5-7-9-11-13-15-16-17-18-19-20-22-24-26-28-30-32-36(39)40-34(33-35(37)38)31-29-27-25-23-21-14-12-10-8-6-4-2/h11,13,16-17,19-20,24,26,34H,3-10,12,14-15,18,21-23,25,27-33H2,1-2H3,(H,37,38)/b13-11-,17-16-,20-19-,26-24-. The molecule has 0 aromatic heterocycles. The predicted molar refractivity (Wildman–Crippen MR) is 172 cm³/mol. The lowest BCUT2D eigenvalue weighted by Gasteiger charge is -2.16. The fourth-order valence-corrected chi connectivity index (χ4v) is 4.60. The van der Waals surface area contributed by atoms with Crippen molar-refractivity contribution in [1.29, 1.82) is 0 Å². The average molecular weight is 559 g/mol. The second-order valence-corrected chi connectivity index (χ2v) is 11.0. The van der Waals surface area contributed by atoms with E-state index in [9.17, 15) is 14.7 Å². The van der Waals surface area contributed by atoms with Crippen LogP contribution in [-0.2, 0) is 14.3 Å². The highest BCUT2D eigenvalue weighted by molar-refractivity contribution is 5.71. The molecule has 0 spiro atoms. The number of ether oxygens (including phenoxy) is 1. The molecule has 0 saturated heterocycles. The molecule has 0 aromatic rings. The number of carbonyl (C=O) groups excluding carboxylic acids is 1. The van der Waals surface area contributed by atoms with Crippen molar-refractivity contribution >= 4 is 11.9 Å². The molecule has 0 aromatic carbocycles. The normalized spacial score (nSPS) is 12.8. The van der Waals surface area contributed by atoms with Crippen molar-refractivity contribution in [2.24, 2.45) is 0 Å². The van der Waals surface area contributed by atoms with Crippen molar-refractivity contribution in [3.05, 3.63) is 48.6 Å². The summed E-state index contributed by atoms with van der Waals surface area (Å²) in [7, 11) is 0. The molecule has 1 unspecified atom stereocenters. The molecule has 4 heteroatoms. The fraction of sp³-hybridized carbons (Fsp3) is 0.722. The van der Waals surface area contributed by atoms with E-state index >= 15 is 0 Å². The van der Waals surface area contributed by atoms with Crippen molar-refractivity contribution in [2.45, 2.75) is 168 Å². The summed E-state index contributed by atoms with van der Waals surface area (Å²) >= 11 is 0. The lowest BCUT2D eigenvalue weighted by molar-refractivity contribution is -0.153. The SMILES string of the molecule is CCCCC/C=C\C/C=C\C/C=C\C/C=C\CCCC(=O)OC(CCCCCCCCCCCCC)CC(=O)O. The van der Waals surface area contributed by atoms with E-state index in [0.717, 1.165) is 44.9 Å². The third kappa shape index (κ3) is 30.4. The zero-order valence-corrected chi connectivity index (χ0v) is 26.1. The minimum absolute atomic E-state index is 0.0966. The van der Waals surface area contributed by atoms with Crippen molar-refractivity contribution in [1.82, 2.24) is 0 Å². The van der Waals surface area contributed by atoms with Crippen LogP contribution in [0.25, 0.3) is 0 Å². The summed E-state index contributed by atoms with van der Waals surface area (Å²) in [5, 5.41) is 9.19. The molecular formula is C36H62O4. The number of carboxylic acid groups (broad SMARTS) is 1. The first-order chi connectivity index (χ1) is 19.6. The number of unbranched alkanes of at least 4 members (excludes halogenated alkanes) is 14. The Morgan fingerprint density at radius 1 is 0.575 bits per heavy atom. The molecule has 1 N–H and O–H groups in total. The highest BCUT2D eigenvalue weighted by Gasteiger charge is 2.17. The summed E-state index contributed by atoms with van der Waals surface area (Å²) in [4.78, 5) is 23.4. The van der Waals surface area contributed by atoms with Crippen molar-refractivity contribution < 1.29 is 19.4 Å². The monoisotopic (exact) mass is 558 g/mol. The van der Waals surface area contributed by atoms with E-state index in [4.69, 9.17) is 4.74 Å². The number of allylic oxidation sites excluding steroid dienone is 8. The second kappa shape index (κ2) is 31.4. The zero-order chi connectivity index (χ0) is 29.4. The van der Waals surface area contributed by atoms with E-state index in [2.05, 4.69) is 62.5 Å². The van der Waals surface area contributed by atoms with Crippen LogP contribution >= 0.6 is 0 Å². The lowest BCUT2D eigenvalue weighted by Crippen LogP contribution is -2.21. The minimum atomic E-state index is -0.901. The average Bonchev–Trinajstić information content (AvgIpc) is 2.93. The first-order valence-corrected chi connectivity index (χ1v) is 16.6. The summed E-state index contributed by atoms with van der Waals surface area (Å²) in [6, 6.07) is 0. The Kier molecular flexibility index (Phi) is 29.8. The fourth-order valence-electron chi connectivity index (χ4n) is 4.60. The van der Waals surface area contributed by atoms with Crippen LogP contribution in [0.2, 0.25) is 0 Å². The van der Waals surface area contributed by atoms with Gasteiger partial charge in [0, 0.05) is 6.42 Å². The number of hydrogen-bond acceptors (Lipinski definition) is 3.